The van der Waals surface area contributed by atoms with Gasteiger partial charge in [0.15, 0.2) is 0 Å². The lowest BCUT2D eigenvalue weighted by molar-refractivity contribution is 0.0876. The number of hydrogen-bond acceptors (Lipinski definition) is 3. The summed E-state index contributed by atoms with van der Waals surface area (Å²) >= 11 is 0. The second-order valence-corrected chi connectivity index (χ2v) is 3.06. The van der Waals surface area contributed by atoms with E-state index in [2.05, 4.69) is 39.3 Å². The zero-order valence-corrected chi connectivity index (χ0v) is 9.16. The SMILES string of the molecule is C#CC.C#CCN1CNCN(CC#C)C1. The summed E-state index contributed by atoms with van der Waals surface area (Å²) in [6, 6.07) is 0. The molecule has 1 aliphatic rings. The van der Waals surface area contributed by atoms with Gasteiger partial charge in [0.2, 0.25) is 0 Å². The van der Waals surface area contributed by atoms with Crippen LogP contribution in [0.3, 0.4) is 0 Å². The van der Waals surface area contributed by atoms with Gasteiger partial charge in [0.1, 0.15) is 0 Å². The van der Waals surface area contributed by atoms with E-state index in [0.717, 1.165) is 20.0 Å². The third-order valence-electron chi connectivity index (χ3n) is 1.70. The zero-order valence-electron chi connectivity index (χ0n) is 9.16. The third kappa shape index (κ3) is 6.61. The van der Waals surface area contributed by atoms with Crippen LogP contribution in [0.5, 0.6) is 0 Å². The van der Waals surface area contributed by atoms with E-state index in [9.17, 15) is 0 Å². The van der Waals surface area contributed by atoms with Gasteiger partial charge in [-0.1, -0.05) is 11.8 Å². The van der Waals surface area contributed by atoms with Gasteiger partial charge in [-0.3, -0.25) is 15.1 Å². The summed E-state index contributed by atoms with van der Waals surface area (Å²) in [6.07, 6.45) is 15.0. The fraction of sp³-hybridized carbons (Fsp3) is 0.500. The van der Waals surface area contributed by atoms with Crippen molar-refractivity contribution in [3.63, 3.8) is 0 Å². The van der Waals surface area contributed by atoms with Crippen LogP contribution in [-0.4, -0.2) is 42.9 Å². The Morgan fingerprint density at radius 1 is 1.07 bits per heavy atom. The molecule has 3 heteroatoms. The monoisotopic (exact) mass is 203 g/mol. The second kappa shape index (κ2) is 9.13. The molecule has 0 bridgehead atoms. The fourth-order valence-corrected chi connectivity index (χ4v) is 1.22. The van der Waals surface area contributed by atoms with Crippen LogP contribution < -0.4 is 5.32 Å². The van der Waals surface area contributed by atoms with E-state index in [0.29, 0.717) is 13.1 Å². The molecule has 1 fully saturated rings. The highest BCUT2D eigenvalue weighted by molar-refractivity contribution is 4.91. The summed E-state index contributed by atoms with van der Waals surface area (Å²) in [5, 5.41) is 3.22. The Labute approximate surface area is 92.8 Å². The number of nitrogens with zero attached hydrogens (tertiary/aromatic N) is 2. The molecule has 3 nitrogen and oxygen atoms in total. The molecular formula is C12H17N3. The minimum atomic E-state index is 0.675. The highest BCUT2D eigenvalue weighted by Crippen LogP contribution is 1.96. The lowest BCUT2D eigenvalue weighted by Crippen LogP contribution is -2.52. The van der Waals surface area contributed by atoms with E-state index in [1.807, 2.05) is 0 Å². The molecule has 1 saturated heterocycles. The Morgan fingerprint density at radius 2 is 1.47 bits per heavy atom. The molecule has 80 valence electrons. The molecular weight excluding hydrogens is 186 g/mol. The van der Waals surface area contributed by atoms with Crippen LogP contribution in [0.4, 0.5) is 0 Å². The van der Waals surface area contributed by atoms with Crippen molar-refractivity contribution in [2.75, 3.05) is 33.1 Å². The minimum Gasteiger partial charge on any atom is -0.291 e. The van der Waals surface area contributed by atoms with Gasteiger partial charge < -0.3 is 0 Å². The number of rotatable bonds is 2. The van der Waals surface area contributed by atoms with Crippen LogP contribution >= 0.6 is 0 Å². The van der Waals surface area contributed by atoms with Gasteiger partial charge >= 0.3 is 0 Å². The average Bonchev–Trinajstić information content (AvgIpc) is 2.20. The van der Waals surface area contributed by atoms with Gasteiger partial charge in [-0.05, 0) is 6.92 Å². The Balaban J connectivity index is 0.000000583. The van der Waals surface area contributed by atoms with Crippen LogP contribution in [-0.2, 0) is 0 Å². The van der Waals surface area contributed by atoms with E-state index in [1.165, 1.54) is 0 Å². The van der Waals surface area contributed by atoms with Gasteiger partial charge in [0.25, 0.3) is 0 Å². The maximum absolute atomic E-state index is 5.20. The van der Waals surface area contributed by atoms with Crippen LogP contribution in [0.25, 0.3) is 0 Å². The molecule has 1 rings (SSSR count). The first-order valence-electron chi connectivity index (χ1n) is 4.68. The van der Waals surface area contributed by atoms with Crippen molar-refractivity contribution >= 4 is 0 Å². The molecule has 0 aromatic heterocycles. The Hall–Kier alpha value is -1.44. The lowest BCUT2D eigenvalue weighted by Gasteiger charge is -2.33. The van der Waals surface area contributed by atoms with Crippen LogP contribution in [0, 0.1) is 37.0 Å². The van der Waals surface area contributed by atoms with Gasteiger partial charge in [0, 0.05) is 0 Å². The van der Waals surface area contributed by atoms with Crippen molar-refractivity contribution in [2.45, 2.75) is 6.92 Å². The van der Waals surface area contributed by atoms with Crippen molar-refractivity contribution < 1.29 is 0 Å². The maximum Gasteiger partial charge on any atom is 0.0622 e. The van der Waals surface area contributed by atoms with E-state index in [-0.39, 0.29) is 0 Å². The largest absolute Gasteiger partial charge is 0.291 e. The molecule has 1 heterocycles. The van der Waals surface area contributed by atoms with E-state index in [4.69, 9.17) is 12.8 Å². The molecule has 0 aromatic rings. The molecule has 0 radical (unpaired) electrons. The first-order valence-corrected chi connectivity index (χ1v) is 4.68. The topological polar surface area (TPSA) is 18.5 Å². The number of terminal acetylenes is 3. The lowest BCUT2D eigenvalue weighted by atomic mass is 10.5. The zero-order chi connectivity index (χ0) is 11.5. The predicted molar refractivity (Wildman–Crippen MR) is 63.3 cm³/mol. The highest BCUT2D eigenvalue weighted by Gasteiger charge is 2.13. The molecule has 0 unspecified atom stereocenters. The number of hydrogen-bond donors (Lipinski definition) is 1. The standard InChI is InChI=1S/C9H13N3.C3H4/c1-3-5-11-7-10-8-12(9-11)6-4-2;1-3-2/h1-2,10H,5-9H2;1H,2H3. The molecule has 1 N–H and O–H groups in total. The molecule has 0 atom stereocenters. The Bertz CT molecular complexity index is 255. The van der Waals surface area contributed by atoms with Gasteiger partial charge in [-0.15, -0.1) is 25.2 Å². The molecule has 1 aliphatic heterocycles. The van der Waals surface area contributed by atoms with E-state index in [1.54, 1.807) is 6.92 Å². The first kappa shape index (κ1) is 13.6. The molecule has 0 saturated carbocycles. The fourth-order valence-electron chi connectivity index (χ4n) is 1.22. The summed E-state index contributed by atoms with van der Waals surface area (Å²) < 4.78 is 0. The van der Waals surface area contributed by atoms with Gasteiger partial charge in [-0.2, -0.15) is 0 Å². The Kier molecular flexibility index (Phi) is 8.25. The summed E-state index contributed by atoms with van der Waals surface area (Å²) in [6.45, 7) is 5.57. The summed E-state index contributed by atoms with van der Waals surface area (Å²) in [7, 11) is 0. The highest BCUT2D eigenvalue weighted by atomic mass is 15.4. The molecule has 0 spiro atoms. The molecule has 15 heavy (non-hydrogen) atoms. The number of nitrogens with one attached hydrogen (secondary N) is 1. The van der Waals surface area contributed by atoms with E-state index < -0.39 is 0 Å². The first-order chi connectivity index (χ1) is 7.28. The summed E-state index contributed by atoms with van der Waals surface area (Å²) in [4.78, 5) is 4.25. The van der Waals surface area contributed by atoms with Crippen LogP contribution in [0.1, 0.15) is 6.92 Å². The minimum absolute atomic E-state index is 0.675. The maximum atomic E-state index is 5.20. The van der Waals surface area contributed by atoms with Crippen molar-refractivity contribution in [1.82, 2.24) is 15.1 Å². The quantitative estimate of drug-likeness (QED) is 0.636. The van der Waals surface area contributed by atoms with Crippen LogP contribution in [0.15, 0.2) is 0 Å². The van der Waals surface area contributed by atoms with Crippen LogP contribution in [0.2, 0.25) is 0 Å². The van der Waals surface area contributed by atoms with Gasteiger partial charge in [-0.25, -0.2) is 0 Å². The molecule has 0 amide bonds. The van der Waals surface area contributed by atoms with Crippen molar-refractivity contribution in [3.05, 3.63) is 0 Å². The molecule has 0 aliphatic carbocycles. The predicted octanol–water partition coefficient (Wildman–Crippen LogP) is -0.0280. The smallest absolute Gasteiger partial charge is 0.0622 e. The average molecular weight is 203 g/mol. The Morgan fingerprint density at radius 3 is 1.80 bits per heavy atom. The van der Waals surface area contributed by atoms with Crippen molar-refractivity contribution in [3.8, 4) is 37.0 Å². The van der Waals surface area contributed by atoms with Gasteiger partial charge in [0.05, 0.1) is 33.1 Å². The van der Waals surface area contributed by atoms with Crippen molar-refractivity contribution in [2.24, 2.45) is 0 Å². The summed E-state index contributed by atoms with van der Waals surface area (Å²) in [5.41, 5.74) is 0. The van der Waals surface area contributed by atoms with Crippen molar-refractivity contribution in [1.29, 1.82) is 0 Å². The third-order valence-corrected chi connectivity index (χ3v) is 1.70. The summed E-state index contributed by atoms with van der Waals surface area (Å²) in [5.74, 6) is 7.47. The van der Waals surface area contributed by atoms with E-state index >= 15 is 0 Å². The normalized spacial score (nSPS) is 16.4. The molecule has 0 aromatic carbocycles. The second-order valence-electron chi connectivity index (χ2n) is 3.06.